The van der Waals surface area contributed by atoms with E-state index >= 15 is 0 Å². The van der Waals surface area contributed by atoms with E-state index < -0.39 is 0 Å². The van der Waals surface area contributed by atoms with E-state index in [1.54, 1.807) is 6.07 Å². The average Bonchev–Trinajstić information content (AvgIpc) is 2.90. The lowest BCUT2D eigenvalue weighted by atomic mass is 10.1. The molecule has 1 aliphatic rings. The second-order valence-electron chi connectivity index (χ2n) is 7.19. The topological polar surface area (TPSA) is 58.4 Å². The molecule has 6 heteroatoms. The van der Waals surface area contributed by atoms with Crippen molar-refractivity contribution in [3.05, 3.63) is 63.6 Å². The summed E-state index contributed by atoms with van der Waals surface area (Å²) in [6, 6.07) is 11.6. The summed E-state index contributed by atoms with van der Waals surface area (Å²) in [5.74, 6) is -0.0861. The summed E-state index contributed by atoms with van der Waals surface area (Å²) in [5.41, 5.74) is 2.76. The van der Waals surface area contributed by atoms with Crippen molar-refractivity contribution in [3.63, 3.8) is 0 Å². The Hall–Kier alpha value is -2.47. The van der Waals surface area contributed by atoms with E-state index in [9.17, 15) is 9.59 Å². The minimum atomic E-state index is -0.159. The molecule has 0 aliphatic carbocycles. The van der Waals surface area contributed by atoms with Crippen LogP contribution in [0.3, 0.4) is 0 Å². The van der Waals surface area contributed by atoms with Crippen molar-refractivity contribution in [1.82, 2.24) is 19.6 Å². The van der Waals surface area contributed by atoms with Gasteiger partial charge in [0.05, 0.1) is 0 Å². The number of carbonyl (C=O) groups is 1. The lowest BCUT2D eigenvalue weighted by Gasteiger charge is -2.22. The lowest BCUT2D eigenvalue weighted by Crippen LogP contribution is -2.36. The standard InChI is InChI=1S/C21H28N4O2/c1-3-11-25-20(26)10-9-19(22-25)21(27)24-13-4-12-23(14-15-24)16-18-7-5-17(2)6-8-18/h5-10H,3-4,11-16H2,1-2H3. The van der Waals surface area contributed by atoms with E-state index in [4.69, 9.17) is 0 Å². The monoisotopic (exact) mass is 368 g/mol. The minimum absolute atomic E-state index is 0.0861. The Morgan fingerprint density at radius 1 is 1.04 bits per heavy atom. The van der Waals surface area contributed by atoms with Gasteiger partial charge in [-0.05, 0) is 31.4 Å². The van der Waals surface area contributed by atoms with Crippen molar-refractivity contribution in [1.29, 1.82) is 0 Å². The maximum Gasteiger partial charge on any atom is 0.274 e. The molecule has 0 spiro atoms. The first kappa shape index (κ1) is 19.3. The first-order valence-electron chi connectivity index (χ1n) is 9.72. The van der Waals surface area contributed by atoms with Crippen LogP contribution in [0.4, 0.5) is 0 Å². The third-order valence-electron chi connectivity index (χ3n) is 4.92. The predicted octanol–water partition coefficient (Wildman–Crippen LogP) is 2.31. The summed E-state index contributed by atoms with van der Waals surface area (Å²) in [7, 11) is 0. The molecule has 1 aromatic heterocycles. The van der Waals surface area contributed by atoms with Crippen molar-refractivity contribution in [2.75, 3.05) is 26.2 Å². The number of rotatable bonds is 5. The first-order chi connectivity index (χ1) is 13.1. The van der Waals surface area contributed by atoms with Crippen LogP contribution in [0.25, 0.3) is 0 Å². The summed E-state index contributed by atoms with van der Waals surface area (Å²) < 4.78 is 1.38. The maximum atomic E-state index is 12.9. The SMILES string of the molecule is CCCn1nc(C(=O)N2CCCN(Cc3ccc(C)cc3)CC2)ccc1=O. The molecule has 27 heavy (non-hydrogen) atoms. The number of carbonyl (C=O) groups excluding carboxylic acids is 1. The molecule has 144 valence electrons. The van der Waals surface area contributed by atoms with Crippen LogP contribution in [0.2, 0.25) is 0 Å². The second kappa shape index (κ2) is 8.95. The first-order valence-corrected chi connectivity index (χ1v) is 9.72. The molecule has 1 amide bonds. The van der Waals surface area contributed by atoms with Crippen LogP contribution < -0.4 is 5.56 Å². The summed E-state index contributed by atoms with van der Waals surface area (Å²) in [5, 5.41) is 4.26. The minimum Gasteiger partial charge on any atom is -0.336 e. The molecule has 2 heterocycles. The van der Waals surface area contributed by atoms with Gasteiger partial charge in [-0.2, -0.15) is 5.10 Å². The predicted molar refractivity (Wildman–Crippen MR) is 106 cm³/mol. The van der Waals surface area contributed by atoms with Gasteiger partial charge in [-0.3, -0.25) is 14.5 Å². The highest BCUT2D eigenvalue weighted by Crippen LogP contribution is 2.12. The summed E-state index contributed by atoms with van der Waals surface area (Å²) in [6.45, 7) is 8.73. The Morgan fingerprint density at radius 2 is 1.81 bits per heavy atom. The second-order valence-corrected chi connectivity index (χ2v) is 7.19. The van der Waals surface area contributed by atoms with Crippen molar-refractivity contribution in [2.24, 2.45) is 0 Å². The Bertz CT molecular complexity index is 829. The lowest BCUT2D eigenvalue weighted by molar-refractivity contribution is 0.0752. The summed E-state index contributed by atoms with van der Waals surface area (Å²) in [6.07, 6.45) is 1.74. The van der Waals surface area contributed by atoms with E-state index in [1.165, 1.54) is 21.9 Å². The normalized spacial score (nSPS) is 15.6. The number of aryl methyl sites for hydroxylation is 2. The van der Waals surface area contributed by atoms with Crippen molar-refractivity contribution in [3.8, 4) is 0 Å². The van der Waals surface area contributed by atoms with Crippen LogP contribution in [-0.4, -0.2) is 51.7 Å². The molecule has 0 bridgehead atoms. The van der Waals surface area contributed by atoms with Crippen LogP contribution in [0, 0.1) is 6.92 Å². The van der Waals surface area contributed by atoms with Gasteiger partial charge in [-0.1, -0.05) is 36.8 Å². The van der Waals surface area contributed by atoms with E-state index in [0.717, 1.165) is 39.0 Å². The van der Waals surface area contributed by atoms with Crippen LogP contribution >= 0.6 is 0 Å². The van der Waals surface area contributed by atoms with Gasteiger partial charge in [-0.25, -0.2) is 4.68 Å². The number of nitrogens with zero attached hydrogens (tertiary/aromatic N) is 4. The number of amides is 1. The molecule has 0 unspecified atom stereocenters. The zero-order valence-electron chi connectivity index (χ0n) is 16.2. The fourth-order valence-corrected chi connectivity index (χ4v) is 3.38. The smallest absolute Gasteiger partial charge is 0.274 e. The molecule has 1 aliphatic heterocycles. The fourth-order valence-electron chi connectivity index (χ4n) is 3.38. The molecule has 1 saturated heterocycles. The molecule has 3 rings (SSSR count). The molecule has 1 fully saturated rings. The van der Waals surface area contributed by atoms with Gasteiger partial charge in [0.2, 0.25) is 0 Å². The van der Waals surface area contributed by atoms with Crippen molar-refractivity contribution >= 4 is 5.91 Å². The quantitative estimate of drug-likeness (QED) is 0.813. The molecule has 1 aromatic carbocycles. The van der Waals surface area contributed by atoms with Gasteiger partial charge in [0.25, 0.3) is 11.5 Å². The van der Waals surface area contributed by atoms with E-state index in [2.05, 4.69) is 41.2 Å². The molecule has 6 nitrogen and oxygen atoms in total. The molecule has 0 atom stereocenters. The highest BCUT2D eigenvalue weighted by atomic mass is 16.2. The fraction of sp³-hybridized carbons (Fsp3) is 0.476. The van der Waals surface area contributed by atoms with Crippen LogP contribution in [-0.2, 0) is 13.1 Å². The van der Waals surface area contributed by atoms with Crippen LogP contribution in [0.15, 0.2) is 41.2 Å². The zero-order chi connectivity index (χ0) is 19.2. The van der Waals surface area contributed by atoms with Gasteiger partial charge >= 0.3 is 0 Å². The van der Waals surface area contributed by atoms with E-state index in [-0.39, 0.29) is 11.5 Å². The third kappa shape index (κ3) is 5.04. The Kier molecular flexibility index (Phi) is 6.40. The largest absolute Gasteiger partial charge is 0.336 e. The van der Waals surface area contributed by atoms with Gasteiger partial charge < -0.3 is 4.90 Å². The van der Waals surface area contributed by atoms with E-state index in [0.29, 0.717) is 18.8 Å². The Morgan fingerprint density at radius 3 is 2.56 bits per heavy atom. The number of hydrogen-bond acceptors (Lipinski definition) is 4. The van der Waals surface area contributed by atoms with Gasteiger partial charge in [0.15, 0.2) is 0 Å². The summed E-state index contributed by atoms with van der Waals surface area (Å²) in [4.78, 5) is 28.9. The molecule has 2 aromatic rings. The zero-order valence-corrected chi connectivity index (χ0v) is 16.2. The molecule has 0 saturated carbocycles. The average molecular weight is 368 g/mol. The van der Waals surface area contributed by atoms with Crippen LogP contribution in [0.5, 0.6) is 0 Å². The van der Waals surface area contributed by atoms with Crippen LogP contribution in [0.1, 0.15) is 41.4 Å². The Labute approximate surface area is 160 Å². The molecule has 0 N–H and O–H groups in total. The van der Waals surface area contributed by atoms with Gasteiger partial charge in [0.1, 0.15) is 5.69 Å². The number of aromatic nitrogens is 2. The highest BCUT2D eigenvalue weighted by Gasteiger charge is 2.22. The van der Waals surface area contributed by atoms with Crippen molar-refractivity contribution < 1.29 is 4.79 Å². The number of benzene rings is 1. The molecule has 0 radical (unpaired) electrons. The number of hydrogen-bond donors (Lipinski definition) is 0. The summed E-state index contributed by atoms with van der Waals surface area (Å²) >= 11 is 0. The third-order valence-corrected chi connectivity index (χ3v) is 4.92. The highest BCUT2D eigenvalue weighted by molar-refractivity contribution is 5.92. The Balaban J connectivity index is 1.63. The van der Waals surface area contributed by atoms with Gasteiger partial charge in [0, 0.05) is 45.3 Å². The van der Waals surface area contributed by atoms with Crippen molar-refractivity contribution in [2.45, 2.75) is 39.8 Å². The molecular formula is C21H28N4O2. The molecular weight excluding hydrogens is 340 g/mol. The van der Waals surface area contributed by atoms with E-state index in [1.807, 2.05) is 11.8 Å². The van der Waals surface area contributed by atoms with Gasteiger partial charge in [-0.15, -0.1) is 0 Å². The maximum absolute atomic E-state index is 12.9.